The summed E-state index contributed by atoms with van der Waals surface area (Å²) in [5.74, 6) is 0. The Balaban J connectivity index is 1.41. The van der Waals surface area contributed by atoms with Crippen molar-refractivity contribution in [1.29, 1.82) is 0 Å². The van der Waals surface area contributed by atoms with Gasteiger partial charge in [-0.3, -0.25) is 10.1 Å². The predicted molar refractivity (Wildman–Crippen MR) is 114 cm³/mol. The number of rotatable bonds is 4. The average Bonchev–Trinajstić information content (AvgIpc) is 3.36. The zero-order valence-electron chi connectivity index (χ0n) is 15.2. The summed E-state index contributed by atoms with van der Waals surface area (Å²) in [6, 6.07) is 25.3. The number of nitro benzene ring substituents is 1. The number of nitrogens with one attached hydrogen (secondary N) is 1. The summed E-state index contributed by atoms with van der Waals surface area (Å²) in [6.45, 7) is 0. The SMILES string of the molecule is O=[N+]([O-])c1cccc(C2Nn3c(-c4ccc(-c5ccccc5)cc4)cnc3S2)c1. The first-order valence-corrected chi connectivity index (χ1v) is 9.98. The molecule has 2 heterocycles. The lowest BCUT2D eigenvalue weighted by atomic mass is 10.0. The lowest BCUT2D eigenvalue weighted by molar-refractivity contribution is -0.384. The quantitative estimate of drug-likeness (QED) is 0.363. The van der Waals surface area contributed by atoms with Crippen LogP contribution >= 0.6 is 11.8 Å². The molecular weight excluding hydrogens is 384 g/mol. The topological polar surface area (TPSA) is 73.0 Å². The first-order chi connectivity index (χ1) is 14.2. The fourth-order valence-corrected chi connectivity index (χ4v) is 4.43. The monoisotopic (exact) mass is 400 g/mol. The van der Waals surface area contributed by atoms with Crippen molar-refractivity contribution >= 4 is 17.4 Å². The van der Waals surface area contributed by atoms with Crippen molar-refractivity contribution in [3.8, 4) is 22.4 Å². The van der Waals surface area contributed by atoms with Gasteiger partial charge < -0.3 is 5.43 Å². The van der Waals surface area contributed by atoms with Crippen LogP contribution in [0.4, 0.5) is 5.69 Å². The molecule has 0 spiro atoms. The molecule has 1 aliphatic heterocycles. The highest BCUT2D eigenvalue weighted by molar-refractivity contribution is 7.99. The Bertz CT molecular complexity index is 1190. The van der Waals surface area contributed by atoms with Crippen molar-refractivity contribution in [2.45, 2.75) is 10.5 Å². The van der Waals surface area contributed by atoms with Gasteiger partial charge in [-0.25, -0.2) is 9.66 Å². The number of benzene rings is 3. The van der Waals surface area contributed by atoms with Gasteiger partial charge in [0, 0.05) is 17.7 Å². The molecule has 0 saturated heterocycles. The first-order valence-electron chi connectivity index (χ1n) is 9.10. The molecule has 0 saturated carbocycles. The highest BCUT2D eigenvalue weighted by Gasteiger charge is 2.27. The Hall–Kier alpha value is -3.58. The summed E-state index contributed by atoms with van der Waals surface area (Å²) in [5.41, 5.74) is 8.69. The zero-order chi connectivity index (χ0) is 19.8. The Kier molecular flexibility index (Phi) is 4.29. The minimum Gasteiger partial charge on any atom is -0.305 e. The highest BCUT2D eigenvalue weighted by Crippen LogP contribution is 2.41. The molecule has 1 aliphatic rings. The van der Waals surface area contributed by atoms with Crippen molar-refractivity contribution < 1.29 is 4.92 Å². The van der Waals surface area contributed by atoms with Crippen LogP contribution in [0.2, 0.25) is 0 Å². The van der Waals surface area contributed by atoms with Crippen molar-refractivity contribution in [3.63, 3.8) is 0 Å². The van der Waals surface area contributed by atoms with E-state index >= 15 is 0 Å². The van der Waals surface area contributed by atoms with Crippen LogP contribution in [0, 0.1) is 10.1 Å². The summed E-state index contributed by atoms with van der Waals surface area (Å²) in [4.78, 5) is 15.2. The van der Waals surface area contributed by atoms with Gasteiger partial charge in [-0.1, -0.05) is 78.5 Å². The first kappa shape index (κ1) is 17.5. The summed E-state index contributed by atoms with van der Waals surface area (Å²) >= 11 is 1.54. The Morgan fingerprint density at radius 3 is 2.41 bits per heavy atom. The molecule has 6 nitrogen and oxygen atoms in total. The van der Waals surface area contributed by atoms with E-state index in [2.05, 4.69) is 46.8 Å². The van der Waals surface area contributed by atoms with Crippen molar-refractivity contribution in [3.05, 3.63) is 101 Å². The third kappa shape index (κ3) is 3.25. The van der Waals surface area contributed by atoms with Gasteiger partial charge in [0.05, 0.1) is 16.8 Å². The van der Waals surface area contributed by atoms with Gasteiger partial charge in [-0.2, -0.15) is 0 Å². The smallest absolute Gasteiger partial charge is 0.269 e. The molecule has 1 aromatic heterocycles. The van der Waals surface area contributed by atoms with Crippen LogP contribution in [0.25, 0.3) is 22.4 Å². The maximum absolute atomic E-state index is 11.1. The minimum atomic E-state index is -0.374. The number of thioether (sulfide) groups is 1. The van der Waals surface area contributed by atoms with Crippen LogP contribution < -0.4 is 5.43 Å². The second-order valence-corrected chi connectivity index (χ2v) is 7.76. The van der Waals surface area contributed by atoms with Gasteiger partial charge in [-0.05, 0) is 16.7 Å². The van der Waals surface area contributed by atoms with Gasteiger partial charge in [0.25, 0.3) is 5.69 Å². The van der Waals surface area contributed by atoms with E-state index in [1.54, 1.807) is 23.9 Å². The second kappa shape index (κ2) is 7.10. The number of aromatic nitrogens is 2. The van der Waals surface area contributed by atoms with E-state index in [1.807, 2.05) is 35.1 Å². The lowest BCUT2D eigenvalue weighted by Crippen LogP contribution is -2.13. The maximum Gasteiger partial charge on any atom is 0.269 e. The molecule has 3 aromatic carbocycles. The third-order valence-corrected chi connectivity index (χ3v) is 5.98. The standard InChI is InChI=1S/C22H16N4O2S/c27-26(28)19-8-4-7-18(13-19)21-24-25-20(14-23-22(25)29-21)17-11-9-16(10-12-17)15-5-2-1-3-6-15/h1-14,21,24H. The number of imidazole rings is 1. The van der Waals surface area contributed by atoms with Crippen LogP contribution in [0.15, 0.2) is 90.2 Å². The Labute approximate surface area is 171 Å². The van der Waals surface area contributed by atoms with E-state index in [1.165, 1.54) is 11.6 Å². The lowest BCUT2D eigenvalue weighted by Gasteiger charge is -2.13. The fraction of sp³-hybridized carbons (Fsp3) is 0.0455. The van der Waals surface area contributed by atoms with Crippen LogP contribution in [-0.4, -0.2) is 14.6 Å². The third-order valence-electron chi connectivity index (χ3n) is 4.87. The molecule has 29 heavy (non-hydrogen) atoms. The molecule has 142 valence electrons. The van der Waals surface area contributed by atoms with Crippen LogP contribution in [0.1, 0.15) is 10.9 Å². The highest BCUT2D eigenvalue weighted by atomic mass is 32.2. The number of hydrogen-bond acceptors (Lipinski definition) is 5. The molecule has 1 N–H and O–H groups in total. The van der Waals surface area contributed by atoms with Gasteiger partial charge in [-0.15, -0.1) is 0 Å². The number of nitrogens with zero attached hydrogens (tertiary/aromatic N) is 3. The van der Waals surface area contributed by atoms with E-state index in [0.717, 1.165) is 27.5 Å². The molecule has 5 rings (SSSR count). The molecule has 4 aromatic rings. The summed E-state index contributed by atoms with van der Waals surface area (Å²) in [6.07, 6.45) is 1.84. The number of nitro groups is 1. The Morgan fingerprint density at radius 2 is 1.66 bits per heavy atom. The summed E-state index contributed by atoms with van der Waals surface area (Å²) in [7, 11) is 0. The largest absolute Gasteiger partial charge is 0.305 e. The normalized spacial score (nSPS) is 15.0. The summed E-state index contributed by atoms with van der Waals surface area (Å²) in [5, 5.41) is 11.8. The molecule has 0 aliphatic carbocycles. The number of non-ortho nitro benzene ring substituents is 1. The van der Waals surface area contributed by atoms with Crippen molar-refractivity contribution in [2.75, 3.05) is 5.43 Å². The predicted octanol–water partition coefficient (Wildman–Crippen LogP) is 5.47. The average molecular weight is 400 g/mol. The van der Waals surface area contributed by atoms with E-state index in [0.29, 0.717) is 0 Å². The Morgan fingerprint density at radius 1 is 0.931 bits per heavy atom. The van der Waals surface area contributed by atoms with Gasteiger partial charge in [0.2, 0.25) is 0 Å². The molecule has 0 radical (unpaired) electrons. The zero-order valence-corrected chi connectivity index (χ0v) is 16.0. The van der Waals surface area contributed by atoms with Gasteiger partial charge in [0.1, 0.15) is 5.37 Å². The maximum atomic E-state index is 11.1. The van der Waals surface area contributed by atoms with E-state index in [4.69, 9.17) is 0 Å². The summed E-state index contributed by atoms with van der Waals surface area (Å²) < 4.78 is 1.95. The fourth-order valence-electron chi connectivity index (χ4n) is 3.40. The molecule has 0 fully saturated rings. The van der Waals surface area contributed by atoms with Crippen LogP contribution in [0.3, 0.4) is 0 Å². The second-order valence-electron chi connectivity index (χ2n) is 6.68. The van der Waals surface area contributed by atoms with E-state index < -0.39 is 0 Å². The molecule has 0 amide bonds. The van der Waals surface area contributed by atoms with Crippen LogP contribution in [0.5, 0.6) is 0 Å². The molecule has 0 bridgehead atoms. The molecule has 1 unspecified atom stereocenters. The van der Waals surface area contributed by atoms with Crippen molar-refractivity contribution in [2.24, 2.45) is 0 Å². The van der Waals surface area contributed by atoms with Gasteiger partial charge in [0.15, 0.2) is 5.16 Å². The number of hydrogen-bond donors (Lipinski definition) is 1. The number of fused-ring (bicyclic) bond motifs is 1. The van der Waals surface area contributed by atoms with E-state index in [-0.39, 0.29) is 16.0 Å². The van der Waals surface area contributed by atoms with Crippen molar-refractivity contribution in [1.82, 2.24) is 9.66 Å². The van der Waals surface area contributed by atoms with E-state index in [9.17, 15) is 10.1 Å². The molecular formula is C22H16N4O2S. The molecule has 1 atom stereocenters. The minimum absolute atomic E-state index is 0.0890. The van der Waals surface area contributed by atoms with Crippen LogP contribution in [-0.2, 0) is 0 Å². The van der Waals surface area contributed by atoms with Gasteiger partial charge >= 0.3 is 0 Å². The molecule has 7 heteroatoms.